The third-order valence-corrected chi connectivity index (χ3v) is 6.03. The van der Waals surface area contributed by atoms with E-state index in [1.807, 2.05) is 35.7 Å². The molecule has 30 heavy (non-hydrogen) atoms. The molecule has 0 amide bonds. The second-order valence-electron chi connectivity index (χ2n) is 6.61. The first kappa shape index (κ1) is 20.4. The second-order valence-corrected chi connectivity index (χ2v) is 8.36. The predicted molar refractivity (Wildman–Crippen MR) is 118 cm³/mol. The number of hydrogen-bond acceptors (Lipinski definition) is 6. The molecule has 152 valence electrons. The first-order chi connectivity index (χ1) is 14.5. The molecule has 3 aromatic rings. The Kier molecular flexibility index (Phi) is 6.06. The average Bonchev–Trinajstić information content (AvgIpc) is 3.27. The summed E-state index contributed by atoms with van der Waals surface area (Å²) >= 11 is 4.84. The van der Waals surface area contributed by atoms with Crippen molar-refractivity contribution in [2.75, 3.05) is 0 Å². The molecule has 8 heteroatoms. The van der Waals surface area contributed by atoms with Crippen LogP contribution >= 0.6 is 27.3 Å². The van der Waals surface area contributed by atoms with Crippen LogP contribution in [0.1, 0.15) is 29.1 Å². The highest BCUT2D eigenvalue weighted by Crippen LogP contribution is 2.36. The molecule has 1 N–H and O–H groups in total. The Hall–Kier alpha value is -2.84. The number of rotatable bonds is 5. The van der Waals surface area contributed by atoms with Gasteiger partial charge in [-0.25, -0.2) is 14.2 Å². The molecule has 1 aromatic heterocycles. The van der Waals surface area contributed by atoms with Gasteiger partial charge >= 0.3 is 5.97 Å². The molecule has 5 nitrogen and oxygen atoms in total. The smallest absolute Gasteiger partial charge is 0.338 e. The molecule has 0 saturated heterocycles. The van der Waals surface area contributed by atoms with Crippen molar-refractivity contribution in [1.29, 1.82) is 0 Å². The van der Waals surface area contributed by atoms with Gasteiger partial charge in [-0.05, 0) is 30.2 Å². The summed E-state index contributed by atoms with van der Waals surface area (Å²) in [6.45, 7) is 1.95. The van der Waals surface area contributed by atoms with Crippen molar-refractivity contribution >= 4 is 39.1 Å². The third kappa shape index (κ3) is 4.34. The van der Waals surface area contributed by atoms with Gasteiger partial charge in [-0.2, -0.15) is 0 Å². The molecule has 1 aliphatic rings. The summed E-state index contributed by atoms with van der Waals surface area (Å²) in [7, 11) is 0. The van der Waals surface area contributed by atoms with Crippen LogP contribution in [0.4, 0.5) is 4.39 Å². The van der Waals surface area contributed by atoms with E-state index in [0.29, 0.717) is 32.1 Å². The Morgan fingerprint density at radius 2 is 2.07 bits per heavy atom. The molecule has 1 atom stereocenters. The van der Waals surface area contributed by atoms with Crippen LogP contribution in [0.2, 0.25) is 0 Å². The monoisotopic (exact) mass is 485 g/mol. The van der Waals surface area contributed by atoms with E-state index < -0.39 is 12.0 Å². The Balaban J connectivity index is 1.69. The average molecular weight is 486 g/mol. The van der Waals surface area contributed by atoms with Crippen molar-refractivity contribution in [3.05, 3.63) is 97.8 Å². The number of amidine groups is 1. The number of hydrogen-bond donors (Lipinski definition) is 1. The van der Waals surface area contributed by atoms with E-state index in [-0.39, 0.29) is 12.4 Å². The van der Waals surface area contributed by atoms with Crippen LogP contribution in [0.5, 0.6) is 0 Å². The molecule has 0 fully saturated rings. The molecule has 2 heterocycles. The van der Waals surface area contributed by atoms with E-state index in [2.05, 4.69) is 26.2 Å². The number of nitrogens with zero attached hydrogens (tertiary/aromatic N) is 2. The lowest BCUT2D eigenvalue weighted by Crippen LogP contribution is -2.32. The summed E-state index contributed by atoms with van der Waals surface area (Å²) in [6, 6.07) is 13.1. The van der Waals surface area contributed by atoms with Gasteiger partial charge in [0.1, 0.15) is 18.5 Å². The number of ether oxygens (including phenoxy) is 1. The van der Waals surface area contributed by atoms with Gasteiger partial charge in [0.25, 0.3) is 0 Å². The minimum atomic E-state index is -0.664. The maximum absolute atomic E-state index is 13.7. The van der Waals surface area contributed by atoms with Gasteiger partial charge < -0.3 is 10.1 Å². The van der Waals surface area contributed by atoms with Crippen LogP contribution < -0.4 is 5.32 Å². The zero-order valence-electron chi connectivity index (χ0n) is 15.9. The highest BCUT2D eigenvalue weighted by atomic mass is 79.9. The summed E-state index contributed by atoms with van der Waals surface area (Å²) in [5.74, 6) is -0.298. The first-order valence-electron chi connectivity index (χ1n) is 9.14. The standard InChI is InChI=1S/C22H17BrFN3O2S/c1-13-18(22(28)29-12-14-5-3-2-4-6-14)19(16-8-7-15(24)11-17(16)23)27-20(26-13)21-25-9-10-30-21/h2-11,19H,12H2,1H3,(H,26,27). The van der Waals surface area contributed by atoms with Gasteiger partial charge in [0.15, 0.2) is 10.8 Å². The maximum Gasteiger partial charge on any atom is 0.338 e. The number of thiazole rings is 1. The van der Waals surface area contributed by atoms with E-state index in [1.165, 1.54) is 23.5 Å². The van der Waals surface area contributed by atoms with Crippen molar-refractivity contribution in [1.82, 2.24) is 10.3 Å². The highest BCUT2D eigenvalue weighted by molar-refractivity contribution is 9.10. The molecule has 0 bridgehead atoms. The van der Waals surface area contributed by atoms with Crippen LogP contribution in [-0.2, 0) is 16.1 Å². The summed E-state index contributed by atoms with van der Waals surface area (Å²) in [4.78, 5) is 22.1. The van der Waals surface area contributed by atoms with Crippen molar-refractivity contribution in [2.24, 2.45) is 4.99 Å². The molecule has 4 rings (SSSR count). The Morgan fingerprint density at radius 3 is 2.77 bits per heavy atom. The summed E-state index contributed by atoms with van der Waals surface area (Å²) < 4.78 is 19.8. The number of carbonyl (C=O) groups excluding carboxylic acids is 1. The second kappa shape index (κ2) is 8.89. The van der Waals surface area contributed by atoms with Gasteiger partial charge in [-0.15, -0.1) is 11.3 Å². The largest absolute Gasteiger partial charge is 0.457 e. The molecule has 1 aliphatic heterocycles. The first-order valence-corrected chi connectivity index (χ1v) is 10.8. The highest BCUT2D eigenvalue weighted by Gasteiger charge is 2.32. The van der Waals surface area contributed by atoms with Crippen molar-refractivity contribution in [2.45, 2.75) is 19.6 Å². The molecule has 2 aromatic carbocycles. The summed E-state index contributed by atoms with van der Waals surface area (Å²) in [6.07, 6.45) is 1.69. The molecule has 0 aliphatic carbocycles. The molecular formula is C22H17BrFN3O2S. The molecule has 0 saturated carbocycles. The summed E-state index contributed by atoms with van der Waals surface area (Å²) in [5.41, 5.74) is 2.55. The van der Waals surface area contributed by atoms with Crippen molar-refractivity contribution in [3.8, 4) is 0 Å². The minimum Gasteiger partial charge on any atom is -0.457 e. The zero-order chi connectivity index (χ0) is 21.1. The quantitative estimate of drug-likeness (QED) is 0.507. The number of allylic oxidation sites excluding steroid dienone is 1. The van der Waals surface area contributed by atoms with Crippen molar-refractivity contribution in [3.63, 3.8) is 0 Å². The van der Waals surface area contributed by atoms with E-state index in [9.17, 15) is 9.18 Å². The van der Waals surface area contributed by atoms with Crippen LogP contribution in [0.3, 0.4) is 0 Å². The van der Waals surface area contributed by atoms with Gasteiger partial charge in [0.05, 0.1) is 5.57 Å². The summed E-state index contributed by atoms with van der Waals surface area (Å²) in [5, 5.41) is 5.72. The number of aliphatic imine (C=N–C) groups is 1. The molecule has 0 radical (unpaired) electrons. The molecular weight excluding hydrogens is 469 g/mol. The van der Waals surface area contributed by atoms with E-state index in [1.54, 1.807) is 19.2 Å². The lowest BCUT2D eigenvalue weighted by atomic mass is 9.96. The van der Waals surface area contributed by atoms with E-state index in [0.717, 1.165) is 5.56 Å². The topological polar surface area (TPSA) is 63.6 Å². The molecule has 0 spiro atoms. The van der Waals surface area contributed by atoms with Gasteiger partial charge in [0.2, 0.25) is 0 Å². The Bertz CT molecular complexity index is 1130. The zero-order valence-corrected chi connectivity index (χ0v) is 18.3. The van der Waals surface area contributed by atoms with Crippen LogP contribution in [0.25, 0.3) is 0 Å². The Morgan fingerprint density at radius 1 is 1.27 bits per heavy atom. The maximum atomic E-state index is 13.7. The fraction of sp³-hybridized carbons (Fsp3) is 0.136. The van der Waals surface area contributed by atoms with Gasteiger partial charge in [-0.1, -0.05) is 52.3 Å². The SMILES string of the molecule is CC1=C(C(=O)OCc2ccccc2)C(c2ccc(F)cc2Br)N=C(c2nccs2)N1. The number of aromatic nitrogens is 1. The lowest BCUT2D eigenvalue weighted by molar-refractivity contribution is -0.140. The van der Waals surface area contributed by atoms with Gasteiger partial charge in [0, 0.05) is 21.7 Å². The number of carbonyl (C=O) groups is 1. The van der Waals surface area contributed by atoms with Crippen molar-refractivity contribution < 1.29 is 13.9 Å². The predicted octanol–water partition coefficient (Wildman–Crippen LogP) is 5.15. The van der Waals surface area contributed by atoms with Crippen LogP contribution in [-0.4, -0.2) is 16.8 Å². The van der Waals surface area contributed by atoms with Gasteiger partial charge in [-0.3, -0.25) is 4.99 Å². The number of halogens is 2. The van der Waals surface area contributed by atoms with E-state index in [4.69, 9.17) is 9.73 Å². The van der Waals surface area contributed by atoms with E-state index >= 15 is 0 Å². The number of esters is 1. The third-order valence-electron chi connectivity index (χ3n) is 4.57. The lowest BCUT2D eigenvalue weighted by Gasteiger charge is -2.26. The minimum absolute atomic E-state index is 0.150. The number of nitrogens with one attached hydrogen (secondary N) is 1. The normalized spacial score (nSPS) is 16.1. The fourth-order valence-electron chi connectivity index (χ4n) is 3.14. The molecule has 1 unspecified atom stereocenters. The Labute approximate surface area is 185 Å². The van der Waals surface area contributed by atoms with Crippen LogP contribution in [0, 0.1) is 5.82 Å². The fourth-order valence-corrected chi connectivity index (χ4v) is 4.29. The van der Waals surface area contributed by atoms with Crippen LogP contribution in [0.15, 0.2) is 80.8 Å². The number of benzene rings is 2.